The molecule has 0 saturated carbocycles. The first-order chi connectivity index (χ1) is 9.33. The molecule has 0 aliphatic carbocycles. The van der Waals surface area contributed by atoms with Crippen LogP contribution in [-0.4, -0.2) is 19.8 Å². The highest BCUT2D eigenvalue weighted by atomic mass is 16.5. The zero-order valence-electron chi connectivity index (χ0n) is 11.9. The lowest BCUT2D eigenvalue weighted by atomic mass is 10.2. The van der Waals surface area contributed by atoms with Gasteiger partial charge in [0, 0.05) is 18.5 Å². The first-order valence-electron chi connectivity index (χ1n) is 6.85. The molecule has 0 spiro atoms. The Hall–Kier alpha value is -1.66. The maximum Gasteiger partial charge on any atom is 0.165 e. The molecule has 1 N–H and O–H groups in total. The Balaban J connectivity index is 2.80. The molecule has 0 amide bonds. The standard InChI is InChI=1S/C16H23NO2/c1-4-7-12-19-16-14(13-17-11-5-2)9-8-10-15(16)18-6-3/h1,8-10,17H,5-7,11-13H2,2-3H3. The molecule has 0 heterocycles. The van der Waals surface area contributed by atoms with E-state index in [0.717, 1.165) is 36.6 Å². The van der Waals surface area contributed by atoms with Crippen molar-refractivity contribution >= 4 is 0 Å². The molecule has 104 valence electrons. The van der Waals surface area contributed by atoms with Gasteiger partial charge in [0.15, 0.2) is 11.5 Å². The van der Waals surface area contributed by atoms with E-state index in [1.54, 1.807) is 0 Å². The molecule has 0 unspecified atom stereocenters. The number of hydrogen-bond acceptors (Lipinski definition) is 3. The summed E-state index contributed by atoms with van der Waals surface area (Å²) in [6.45, 7) is 7.02. The summed E-state index contributed by atoms with van der Waals surface area (Å²) in [5, 5.41) is 3.38. The lowest BCUT2D eigenvalue weighted by Gasteiger charge is -2.15. The van der Waals surface area contributed by atoms with Gasteiger partial charge < -0.3 is 14.8 Å². The molecule has 0 fully saturated rings. The van der Waals surface area contributed by atoms with E-state index in [-0.39, 0.29) is 0 Å². The molecule has 3 nitrogen and oxygen atoms in total. The molecular weight excluding hydrogens is 238 g/mol. The topological polar surface area (TPSA) is 30.5 Å². The second kappa shape index (κ2) is 9.29. The average Bonchev–Trinajstić information content (AvgIpc) is 2.42. The minimum atomic E-state index is 0.515. The van der Waals surface area contributed by atoms with Crippen LogP contribution < -0.4 is 14.8 Å². The summed E-state index contributed by atoms with van der Waals surface area (Å²) in [5.74, 6) is 4.18. The fourth-order valence-electron chi connectivity index (χ4n) is 1.75. The number of para-hydroxylation sites is 1. The molecule has 0 saturated heterocycles. The van der Waals surface area contributed by atoms with E-state index >= 15 is 0 Å². The normalized spacial score (nSPS) is 9.95. The summed E-state index contributed by atoms with van der Waals surface area (Å²) < 4.78 is 11.4. The molecular formula is C16H23NO2. The Labute approximate surface area is 116 Å². The Morgan fingerprint density at radius 1 is 1.26 bits per heavy atom. The Morgan fingerprint density at radius 2 is 2.11 bits per heavy atom. The van der Waals surface area contributed by atoms with Crippen molar-refractivity contribution in [3.05, 3.63) is 23.8 Å². The van der Waals surface area contributed by atoms with Crippen molar-refractivity contribution in [1.29, 1.82) is 0 Å². The van der Waals surface area contributed by atoms with E-state index in [4.69, 9.17) is 15.9 Å². The van der Waals surface area contributed by atoms with Gasteiger partial charge in [-0.3, -0.25) is 0 Å². The van der Waals surface area contributed by atoms with Gasteiger partial charge in [0.25, 0.3) is 0 Å². The third-order valence-electron chi connectivity index (χ3n) is 2.60. The smallest absolute Gasteiger partial charge is 0.165 e. The van der Waals surface area contributed by atoms with Crippen molar-refractivity contribution in [1.82, 2.24) is 5.32 Å². The molecule has 0 aliphatic rings. The molecule has 3 heteroatoms. The van der Waals surface area contributed by atoms with E-state index in [1.807, 2.05) is 19.1 Å². The first-order valence-corrected chi connectivity index (χ1v) is 6.85. The van der Waals surface area contributed by atoms with Gasteiger partial charge in [-0.2, -0.15) is 0 Å². The minimum absolute atomic E-state index is 0.515. The predicted molar refractivity (Wildman–Crippen MR) is 78.6 cm³/mol. The SMILES string of the molecule is C#CCCOc1c(CNCCC)cccc1OCC. The number of rotatable bonds is 9. The molecule has 0 radical (unpaired) electrons. The fraction of sp³-hybridized carbons (Fsp3) is 0.500. The second-order valence-electron chi connectivity index (χ2n) is 4.16. The second-order valence-corrected chi connectivity index (χ2v) is 4.16. The van der Waals surface area contributed by atoms with Crippen LogP contribution in [0.1, 0.15) is 32.3 Å². The summed E-state index contributed by atoms with van der Waals surface area (Å²) in [5.41, 5.74) is 1.11. The van der Waals surface area contributed by atoms with Gasteiger partial charge in [-0.15, -0.1) is 12.3 Å². The number of ether oxygens (including phenoxy) is 2. The van der Waals surface area contributed by atoms with Gasteiger partial charge >= 0.3 is 0 Å². The molecule has 0 aromatic heterocycles. The molecule has 0 bridgehead atoms. The monoisotopic (exact) mass is 261 g/mol. The van der Waals surface area contributed by atoms with Crippen LogP contribution in [0, 0.1) is 12.3 Å². The lowest BCUT2D eigenvalue weighted by molar-refractivity contribution is 0.278. The Kier molecular flexibility index (Phi) is 7.53. The van der Waals surface area contributed by atoms with Gasteiger partial charge in [0.1, 0.15) is 0 Å². The van der Waals surface area contributed by atoms with Crippen molar-refractivity contribution in [3.63, 3.8) is 0 Å². The summed E-state index contributed by atoms with van der Waals surface area (Å²) in [6.07, 6.45) is 6.96. The van der Waals surface area contributed by atoms with Crippen LogP contribution in [-0.2, 0) is 6.54 Å². The molecule has 1 rings (SSSR count). The largest absolute Gasteiger partial charge is 0.490 e. The lowest BCUT2D eigenvalue weighted by Crippen LogP contribution is -2.15. The van der Waals surface area contributed by atoms with Crippen LogP contribution >= 0.6 is 0 Å². The van der Waals surface area contributed by atoms with Gasteiger partial charge in [-0.1, -0.05) is 19.1 Å². The predicted octanol–water partition coefficient (Wildman–Crippen LogP) is 2.99. The third-order valence-corrected chi connectivity index (χ3v) is 2.60. The summed E-state index contributed by atoms with van der Waals surface area (Å²) in [7, 11) is 0. The van der Waals surface area contributed by atoms with Crippen molar-refractivity contribution in [2.45, 2.75) is 33.2 Å². The minimum Gasteiger partial charge on any atom is -0.490 e. The molecule has 0 aliphatic heterocycles. The number of terminal acetylenes is 1. The molecule has 1 aromatic rings. The highest BCUT2D eigenvalue weighted by molar-refractivity contribution is 5.46. The van der Waals surface area contributed by atoms with Crippen LogP contribution in [0.2, 0.25) is 0 Å². The molecule has 19 heavy (non-hydrogen) atoms. The molecule has 1 aromatic carbocycles. The summed E-state index contributed by atoms with van der Waals surface area (Å²) in [6, 6.07) is 5.97. The maximum atomic E-state index is 5.78. The van der Waals surface area contributed by atoms with Crippen molar-refractivity contribution in [3.8, 4) is 23.8 Å². The maximum absolute atomic E-state index is 5.78. The number of benzene rings is 1. The van der Waals surface area contributed by atoms with Gasteiger partial charge in [-0.25, -0.2) is 0 Å². The summed E-state index contributed by atoms with van der Waals surface area (Å²) >= 11 is 0. The number of hydrogen-bond donors (Lipinski definition) is 1. The third kappa shape index (κ3) is 5.23. The Morgan fingerprint density at radius 3 is 2.79 bits per heavy atom. The van der Waals surface area contributed by atoms with Crippen molar-refractivity contribution in [2.24, 2.45) is 0 Å². The van der Waals surface area contributed by atoms with Crippen LogP contribution in [0.15, 0.2) is 18.2 Å². The van der Waals surface area contributed by atoms with Crippen LogP contribution in [0.4, 0.5) is 0 Å². The highest BCUT2D eigenvalue weighted by Gasteiger charge is 2.10. The van der Waals surface area contributed by atoms with E-state index in [1.165, 1.54) is 0 Å². The van der Waals surface area contributed by atoms with E-state index < -0.39 is 0 Å². The quantitative estimate of drug-likeness (QED) is 0.547. The highest BCUT2D eigenvalue weighted by Crippen LogP contribution is 2.31. The molecule has 0 atom stereocenters. The van der Waals surface area contributed by atoms with Crippen LogP contribution in [0.3, 0.4) is 0 Å². The first kappa shape index (κ1) is 15.4. The van der Waals surface area contributed by atoms with Gasteiger partial charge in [0.2, 0.25) is 0 Å². The number of nitrogens with one attached hydrogen (secondary N) is 1. The van der Waals surface area contributed by atoms with Crippen LogP contribution in [0.5, 0.6) is 11.5 Å². The zero-order valence-corrected chi connectivity index (χ0v) is 11.9. The van der Waals surface area contributed by atoms with E-state index in [0.29, 0.717) is 19.6 Å². The van der Waals surface area contributed by atoms with Gasteiger partial charge in [-0.05, 0) is 26.0 Å². The average molecular weight is 261 g/mol. The van der Waals surface area contributed by atoms with Crippen molar-refractivity contribution < 1.29 is 9.47 Å². The van der Waals surface area contributed by atoms with Gasteiger partial charge in [0.05, 0.1) is 13.2 Å². The van der Waals surface area contributed by atoms with E-state index in [9.17, 15) is 0 Å². The zero-order chi connectivity index (χ0) is 13.9. The Bertz CT molecular complexity index is 410. The summed E-state index contributed by atoms with van der Waals surface area (Å²) in [4.78, 5) is 0. The van der Waals surface area contributed by atoms with E-state index in [2.05, 4.69) is 24.2 Å². The van der Waals surface area contributed by atoms with Crippen LogP contribution in [0.25, 0.3) is 0 Å². The fourth-order valence-corrected chi connectivity index (χ4v) is 1.75. The van der Waals surface area contributed by atoms with Crippen molar-refractivity contribution in [2.75, 3.05) is 19.8 Å².